The van der Waals surface area contributed by atoms with Crippen molar-refractivity contribution in [1.82, 2.24) is 19.7 Å². The average molecular weight is 356 g/mol. The van der Waals surface area contributed by atoms with Crippen LogP contribution < -0.4 is 5.32 Å². The Morgan fingerprint density at radius 1 is 1.23 bits per heavy atom. The molecular weight excluding hydrogens is 328 g/mol. The number of nitrogens with zero attached hydrogens (tertiary/aromatic N) is 3. The Balaban J connectivity index is 1.44. The first kappa shape index (κ1) is 18.5. The maximum absolute atomic E-state index is 12.4. The van der Waals surface area contributed by atoms with Crippen molar-refractivity contribution in [2.75, 3.05) is 40.3 Å². The van der Waals surface area contributed by atoms with Crippen molar-refractivity contribution in [3.05, 3.63) is 36.5 Å². The van der Waals surface area contributed by atoms with Crippen LogP contribution in [0, 0.1) is 5.92 Å². The first-order chi connectivity index (χ1) is 12.5. The maximum atomic E-state index is 12.4. The molecular formula is C20H28N4O2. The van der Waals surface area contributed by atoms with Gasteiger partial charge in [-0.1, -0.05) is 18.2 Å². The van der Waals surface area contributed by atoms with Gasteiger partial charge in [-0.3, -0.25) is 9.59 Å². The minimum absolute atomic E-state index is 0.00933. The van der Waals surface area contributed by atoms with Crippen molar-refractivity contribution < 1.29 is 9.59 Å². The van der Waals surface area contributed by atoms with Crippen LogP contribution in [0.15, 0.2) is 36.5 Å². The van der Waals surface area contributed by atoms with E-state index in [1.807, 2.05) is 37.3 Å². The number of hydrogen-bond acceptors (Lipinski definition) is 3. The Morgan fingerprint density at radius 2 is 2.04 bits per heavy atom. The van der Waals surface area contributed by atoms with Crippen LogP contribution in [0.4, 0.5) is 0 Å². The number of nitrogens with one attached hydrogen (secondary N) is 1. The van der Waals surface area contributed by atoms with E-state index in [1.165, 1.54) is 10.9 Å². The number of benzene rings is 1. The highest BCUT2D eigenvalue weighted by Gasteiger charge is 2.33. The van der Waals surface area contributed by atoms with E-state index in [0.717, 1.165) is 26.1 Å². The summed E-state index contributed by atoms with van der Waals surface area (Å²) in [5.41, 5.74) is 1.17. The van der Waals surface area contributed by atoms with E-state index >= 15 is 0 Å². The molecule has 0 saturated carbocycles. The number of rotatable bonds is 8. The first-order valence-corrected chi connectivity index (χ1v) is 9.28. The Kier molecular flexibility index (Phi) is 5.93. The van der Waals surface area contributed by atoms with E-state index in [1.54, 1.807) is 0 Å². The summed E-state index contributed by atoms with van der Waals surface area (Å²) < 4.78 is 2.14. The lowest BCUT2D eigenvalue weighted by Crippen LogP contribution is -2.35. The zero-order valence-electron chi connectivity index (χ0n) is 15.6. The molecule has 1 saturated heterocycles. The Bertz CT molecular complexity index is 768. The molecule has 3 rings (SSSR count). The minimum Gasteiger partial charge on any atom is -0.354 e. The number of carbonyl (C=O) groups excluding carboxylic acids is 2. The fraction of sp³-hybridized carbons (Fsp3) is 0.500. The fourth-order valence-corrected chi connectivity index (χ4v) is 3.52. The molecule has 0 spiro atoms. The van der Waals surface area contributed by atoms with Gasteiger partial charge in [0.25, 0.3) is 0 Å². The topological polar surface area (TPSA) is 57.6 Å². The molecule has 1 aromatic carbocycles. The van der Waals surface area contributed by atoms with E-state index in [9.17, 15) is 9.59 Å². The summed E-state index contributed by atoms with van der Waals surface area (Å²) in [5.74, 6) is -0.131. The third-order valence-electron chi connectivity index (χ3n) is 4.95. The summed E-state index contributed by atoms with van der Waals surface area (Å²) in [6.45, 7) is 3.53. The lowest BCUT2D eigenvalue weighted by atomic mass is 10.1. The third-order valence-corrected chi connectivity index (χ3v) is 4.95. The second-order valence-electron chi connectivity index (χ2n) is 7.26. The molecule has 0 bridgehead atoms. The Morgan fingerprint density at radius 3 is 2.85 bits per heavy atom. The van der Waals surface area contributed by atoms with Gasteiger partial charge in [-0.15, -0.1) is 0 Å². The second-order valence-corrected chi connectivity index (χ2v) is 7.26. The van der Waals surface area contributed by atoms with Crippen LogP contribution in [-0.2, 0) is 16.1 Å². The van der Waals surface area contributed by atoms with Crippen molar-refractivity contribution in [3.8, 4) is 0 Å². The smallest absolute Gasteiger partial charge is 0.225 e. The molecule has 1 N–H and O–H groups in total. The quantitative estimate of drug-likeness (QED) is 0.781. The van der Waals surface area contributed by atoms with Crippen LogP contribution in [0.2, 0.25) is 0 Å². The molecule has 1 unspecified atom stereocenters. The first-order valence-electron chi connectivity index (χ1n) is 9.28. The van der Waals surface area contributed by atoms with Gasteiger partial charge in [-0.2, -0.15) is 0 Å². The van der Waals surface area contributed by atoms with Gasteiger partial charge in [0, 0.05) is 44.3 Å². The Labute approximate surface area is 154 Å². The van der Waals surface area contributed by atoms with Gasteiger partial charge >= 0.3 is 0 Å². The van der Waals surface area contributed by atoms with Crippen LogP contribution in [-0.4, -0.2) is 66.5 Å². The molecule has 6 heteroatoms. The maximum Gasteiger partial charge on any atom is 0.225 e. The molecule has 1 aromatic heterocycles. The molecule has 1 atom stereocenters. The van der Waals surface area contributed by atoms with Gasteiger partial charge < -0.3 is 19.7 Å². The van der Waals surface area contributed by atoms with Crippen molar-refractivity contribution >= 4 is 22.7 Å². The van der Waals surface area contributed by atoms with Gasteiger partial charge in [0.15, 0.2) is 0 Å². The van der Waals surface area contributed by atoms with Crippen LogP contribution >= 0.6 is 0 Å². The number of amides is 2. The van der Waals surface area contributed by atoms with Crippen LogP contribution in [0.3, 0.4) is 0 Å². The molecule has 2 heterocycles. The molecule has 26 heavy (non-hydrogen) atoms. The van der Waals surface area contributed by atoms with Crippen LogP contribution in [0.25, 0.3) is 10.9 Å². The van der Waals surface area contributed by atoms with Crippen LogP contribution in [0.5, 0.6) is 0 Å². The lowest BCUT2D eigenvalue weighted by molar-refractivity contribution is -0.129. The molecule has 6 nitrogen and oxygen atoms in total. The standard InChI is InChI=1S/C20H28N4O2/c1-22(2)10-5-11-24-15-17(14-19(24)25)20(26)21-9-13-23-12-8-16-6-3-4-7-18(16)23/h3-4,6-8,12,17H,5,9-11,13-15H2,1-2H3,(H,21,26). The average Bonchev–Trinajstić information content (AvgIpc) is 3.19. The lowest BCUT2D eigenvalue weighted by Gasteiger charge is -2.18. The van der Waals surface area contributed by atoms with Crippen molar-refractivity contribution in [3.63, 3.8) is 0 Å². The number of aromatic nitrogens is 1. The van der Waals surface area contributed by atoms with Gasteiger partial charge in [-0.25, -0.2) is 0 Å². The number of hydrogen-bond donors (Lipinski definition) is 1. The predicted octanol–water partition coefficient (Wildman–Crippen LogP) is 1.56. The second kappa shape index (κ2) is 8.36. The predicted molar refractivity (Wildman–Crippen MR) is 103 cm³/mol. The van der Waals surface area contributed by atoms with Gasteiger partial charge in [0.2, 0.25) is 11.8 Å². The molecule has 1 aliphatic heterocycles. The van der Waals surface area contributed by atoms with Gasteiger partial charge in [0.05, 0.1) is 5.92 Å². The number of likely N-dealkylation sites (tertiary alicyclic amines) is 1. The molecule has 0 aliphatic carbocycles. The van der Waals surface area contributed by atoms with E-state index in [0.29, 0.717) is 19.5 Å². The highest BCUT2D eigenvalue weighted by Crippen LogP contribution is 2.18. The summed E-state index contributed by atoms with van der Waals surface area (Å²) in [5, 5.41) is 4.20. The van der Waals surface area contributed by atoms with E-state index in [-0.39, 0.29) is 17.7 Å². The van der Waals surface area contributed by atoms with Crippen molar-refractivity contribution in [2.24, 2.45) is 5.92 Å². The molecule has 2 aromatic rings. The molecule has 2 amide bonds. The molecule has 1 fully saturated rings. The SMILES string of the molecule is CN(C)CCCN1CC(C(=O)NCCn2ccc3ccccc32)CC1=O. The van der Waals surface area contributed by atoms with E-state index in [2.05, 4.69) is 33.0 Å². The summed E-state index contributed by atoms with van der Waals surface area (Å²) >= 11 is 0. The molecule has 1 aliphatic rings. The number of fused-ring (bicyclic) bond motifs is 1. The van der Waals surface area contributed by atoms with Crippen molar-refractivity contribution in [1.29, 1.82) is 0 Å². The van der Waals surface area contributed by atoms with Gasteiger partial charge in [-0.05, 0) is 44.6 Å². The summed E-state index contributed by atoms with van der Waals surface area (Å²) in [6, 6.07) is 10.3. The summed E-state index contributed by atoms with van der Waals surface area (Å²) in [4.78, 5) is 28.4. The van der Waals surface area contributed by atoms with Gasteiger partial charge in [0.1, 0.15) is 0 Å². The third kappa shape index (κ3) is 4.43. The minimum atomic E-state index is -0.219. The summed E-state index contributed by atoms with van der Waals surface area (Å²) in [6.07, 6.45) is 3.32. The highest BCUT2D eigenvalue weighted by atomic mass is 16.2. The largest absolute Gasteiger partial charge is 0.354 e. The summed E-state index contributed by atoms with van der Waals surface area (Å²) in [7, 11) is 4.05. The monoisotopic (exact) mass is 356 g/mol. The normalized spacial score (nSPS) is 17.4. The van der Waals surface area contributed by atoms with Crippen molar-refractivity contribution in [2.45, 2.75) is 19.4 Å². The van der Waals surface area contributed by atoms with Crippen LogP contribution in [0.1, 0.15) is 12.8 Å². The molecule has 0 radical (unpaired) electrons. The van der Waals surface area contributed by atoms with E-state index in [4.69, 9.17) is 0 Å². The zero-order valence-corrected chi connectivity index (χ0v) is 15.6. The fourth-order valence-electron chi connectivity index (χ4n) is 3.52. The zero-order chi connectivity index (χ0) is 18.5. The number of carbonyl (C=O) groups is 2. The Hall–Kier alpha value is -2.34. The van der Waals surface area contributed by atoms with E-state index < -0.39 is 0 Å². The highest BCUT2D eigenvalue weighted by molar-refractivity contribution is 5.89. The molecule has 140 valence electrons. The number of para-hydroxylation sites is 1.